The minimum absolute atomic E-state index is 0.0500. The third kappa shape index (κ3) is 3.73. The Morgan fingerprint density at radius 2 is 2.25 bits per heavy atom. The molecule has 1 atom stereocenters. The number of aromatic nitrogens is 1. The lowest BCUT2D eigenvalue weighted by Gasteiger charge is -2.32. The topological polar surface area (TPSA) is 85.5 Å². The molecular formula is C17H19N3O3S. The summed E-state index contributed by atoms with van der Waals surface area (Å²) in [5, 5.41) is 1.98. The average Bonchev–Trinajstić information content (AvgIpc) is 3.01. The Morgan fingerprint density at radius 1 is 1.42 bits per heavy atom. The van der Waals surface area contributed by atoms with Crippen molar-refractivity contribution in [1.82, 2.24) is 9.88 Å². The highest BCUT2D eigenvalue weighted by Crippen LogP contribution is 2.22. The maximum Gasteiger partial charge on any atom is 0.267 e. The van der Waals surface area contributed by atoms with E-state index in [2.05, 4.69) is 4.98 Å². The number of ether oxygens (including phenoxy) is 1. The Hall–Kier alpha value is -2.41. The Morgan fingerprint density at radius 3 is 2.96 bits per heavy atom. The van der Waals surface area contributed by atoms with Crippen LogP contribution in [-0.2, 0) is 0 Å². The van der Waals surface area contributed by atoms with Crippen LogP contribution in [0.1, 0.15) is 38.6 Å². The number of carbonyl (C=O) groups is 2. The first kappa shape index (κ1) is 16.4. The van der Waals surface area contributed by atoms with Crippen molar-refractivity contribution in [3.05, 3.63) is 45.9 Å². The molecule has 1 aliphatic rings. The fourth-order valence-electron chi connectivity index (χ4n) is 2.73. The summed E-state index contributed by atoms with van der Waals surface area (Å²) in [6, 6.07) is 5.14. The van der Waals surface area contributed by atoms with E-state index in [9.17, 15) is 9.59 Å². The van der Waals surface area contributed by atoms with Gasteiger partial charge < -0.3 is 15.4 Å². The summed E-state index contributed by atoms with van der Waals surface area (Å²) in [5.74, 6) is 0.00739. The molecule has 24 heavy (non-hydrogen) atoms. The van der Waals surface area contributed by atoms with E-state index in [0.29, 0.717) is 12.3 Å². The SMILES string of the molecule is Cc1csc(C(=O)N2CCCC(Oc3ccnc(C(N)=O)c3)C2)c1. The highest BCUT2D eigenvalue weighted by atomic mass is 32.1. The Kier molecular flexibility index (Phi) is 4.80. The maximum absolute atomic E-state index is 12.6. The van der Waals surface area contributed by atoms with E-state index < -0.39 is 5.91 Å². The average molecular weight is 345 g/mol. The number of thiophene rings is 1. The monoisotopic (exact) mass is 345 g/mol. The number of likely N-dealkylation sites (tertiary alicyclic amines) is 1. The molecule has 0 saturated carbocycles. The van der Waals surface area contributed by atoms with E-state index in [1.165, 1.54) is 23.6 Å². The molecule has 1 fully saturated rings. The number of amides is 2. The maximum atomic E-state index is 12.6. The van der Waals surface area contributed by atoms with E-state index in [1.54, 1.807) is 6.07 Å². The molecule has 3 heterocycles. The summed E-state index contributed by atoms with van der Waals surface area (Å²) in [4.78, 5) is 30.2. The van der Waals surface area contributed by atoms with Crippen molar-refractivity contribution in [2.24, 2.45) is 5.73 Å². The number of rotatable bonds is 4. The van der Waals surface area contributed by atoms with Gasteiger partial charge in [-0.2, -0.15) is 0 Å². The largest absolute Gasteiger partial charge is 0.488 e. The highest BCUT2D eigenvalue weighted by Gasteiger charge is 2.26. The summed E-state index contributed by atoms with van der Waals surface area (Å²) in [6.45, 7) is 3.25. The highest BCUT2D eigenvalue weighted by molar-refractivity contribution is 7.12. The van der Waals surface area contributed by atoms with E-state index in [0.717, 1.165) is 29.8 Å². The number of pyridine rings is 1. The van der Waals surface area contributed by atoms with Gasteiger partial charge in [-0.1, -0.05) is 0 Å². The zero-order chi connectivity index (χ0) is 17.1. The number of hydrogen-bond acceptors (Lipinski definition) is 5. The van der Waals surface area contributed by atoms with E-state index >= 15 is 0 Å². The third-order valence-electron chi connectivity index (χ3n) is 3.89. The first-order valence-electron chi connectivity index (χ1n) is 7.80. The van der Waals surface area contributed by atoms with Crippen molar-refractivity contribution in [3.8, 4) is 5.75 Å². The van der Waals surface area contributed by atoms with Gasteiger partial charge in [-0.25, -0.2) is 0 Å². The Balaban J connectivity index is 1.66. The molecule has 0 aliphatic carbocycles. The normalized spacial score (nSPS) is 17.5. The van der Waals surface area contributed by atoms with Crippen LogP contribution >= 0.6 is 11.3 Å². The van der Waals surface area contributed by atoms with Crippen LogP contribution in [0.4, 0.5) is 0 Å². The molecule has 2 N–H and O–H groups in total. The van der Waals surface area contributed by atoms with Crippen LogP contribution in [-0.4, -0.2) is 40.9 Å². The van der Waals surface area contributed by atoms with Crippen LogP contribution in [0.5, 0.6) is 5.75 Å². The summed E-state index contributed by atoms with van der Waals surface area (Å²) in [6.07, 6.45) is 3.14. The molecule has 7 heteroatoms. The molecule has 3 rings (SSSR count). The number of nitrogens with two attached hydrogens (primary N) is 1. The van der Waals surface area contributed by atoms with Crippen LogP contribution in [0.2, 0.25) is 0 Å². The Labute approximate surface area is 144 Å². The van der Waals surface area contributed by atoms with Crippen LogP contribution in [0.3, 0.4) is 0 Å². The van der Waals surface area contributed by atoms with Crippen LogP contribution in [0.25, 0.3) is 0 Å². The first-order chi connectivity index (χ1) is 11.5. The van der Waals surface area contributed by atoms with Gasteiger partial charge in [0.25, 0.3) is 11.8 Å². The zero-order valence-corrected chi connectivity index (χ0v) is 14.2. The van der Waals surface area contributed by atoms with E-state index in [-0.39, 0.29) is 17.7 Å². The number of piperidine rings is 1. The molecule has 0 radical (unpaired) electrons. The van der Waals surface area contributed by atoms with Gasteiger partial charge in [0.2, 0.25) is 0 Å². The molecule has 1 saturated heterocycles. The van der Waals surface area contributed by atoms with Gasteiger partial charge in [0.1, 0.15) is 17.5 Å². The molecule has 2 amide bonds. The van der Waals surface area contributed by atoms with Crippen molar-refractivity contribution >= 4 is 23.2 Å². The van der Waals surface area contributed by atoms with Crippen molar-refractivity contribution in [2.75, 3.05) is 13.1 Å². The molecule has 6 nitrogen and oxygen atoms in total. The summed E-state index contributed by atoms with van der Waals surface area (Å²) in [7, 11) is 0. The molecule has 2 aromatic heterocycles. The molecule has 2 aromatic rings. The lowest BCUT2D eigenvalue weighted by molar-refractivity contribution is 0.0542. The van der Waals surface area contributed by atoms with Gasteiger partial charge in [0.15, 0.2) is 0 Å². The predicted octanol–water partition coefficient (Wildman–Crippen LogP) is 2.23. The second-order valence-electron chi connectivity index (χ2n) is 5.86. The summed E-state index contributed by atoms with van der Waals surface area (Å²) in [5.41, 5.74) is 6.51. The van der Waals surface area contributed by atoms with Gasteiger partial charge in [0, 0.05) is 18.8 Å². The second kappa shape index (κ2) is 7.00. The summed E-state index contributed by atoms with van der Waals surface area (Å²) < 4.78 is 5.93. The van der Waals surface area contributed by atoms with Gasteiger partial charge >= 0.3 is 0 Å². The zero-order valence-electron chi connectivity index (χ0n) is 13.4. The number of aryl methyl sites for hydroxylation is 1. The van der Waals surface area contributed by atoms with Crippen molar-refractivity contribution < 1.29 is 14.3 Å². The van der Waals surface area contributed by atoms with E-state index in [4.69, 9.17) is 10.5 Å². The van der Waals surface area contributed by atoms with Crippen LogP contribution in [0.15, 0.2) is 29.8 Å². The van der Waals surface area contributed by atoms with Crippen molar-refractivity contribution in [1.29, 1.82) is 0 Å². The second-order valence-corrected chi connectivity index (χ2v) is 6.77. The number of carbonyl (C=O) groups excluding carboxylic acids is 2. The predicted molar refractivity (Wildman–Crippen MR) is 91.4 cm³/mol. The minimum Gasteiger partial charge on any atom is -0.488 e. The number of hydrogen-bond donors (Lipinski definition) is 1. The molecule has 0 aromatic carbocycles. The first-order valence-corrected chi connectivity index (χ1v) is 8.68. The lowest BCUT2D eigenvalue weighted by atomic mass is 10.1. The Bertz CT molecular complexity index is 759. The van der Waals surface area contributed by atoms with Crippen LogP contribution in [0, 0.1) is 6.92 Å². The molecule has 1 aliphatic heterocycles. The fraction of sp³-hybridized carbons (Fsp3) is 0.353. The standard InChI is InChI=1S/C17H19N3O3S/c1-11-7-15(24-10-11)17(22)20-6-2-3-13(9-20)23-12-4-5-19-14(8-12)16(18)21/h4-5,7-8,10,13H,2-3,6,9H2,1H3,(H2,18,21). The molecular weight excluding hydrogens is 326 g/mol. The van der Waals surface area contributed by atoms with Crippen molar-refractivity contribution in [2.45, 2.75) is 25.9 Å². The van der Waals surface area contributed by atoms with Crippen LogP contribution < -0.4 is 10.5 Å². The van der Waals surface area contributed by atoms with E-state index in [1.807, 2.05) is 23.3 Å². The molecule has 126 valence electrons. The van der Waals surface area contributed by atoms with Gasteiger partial charge in [0.05, 0.1) is 11.4 Å². The smallest absolute Gasteiger partial charge is 0.267 e. The molecule has 0 spiro atoms. The molecule has 0 bridgehead atoms. The lowest BCUT2D eigenvalue weighted by Crippen LogP contribution is -2.44. The van der Waals surface area contributed by atoms with Gasteiger partial charge in [-0.05, 0) is 42.8 Å². The van der Waals surface area contributed by atoms with Gasteiger partial charge in [-0.15, -0.1) is 11.3 Å². The number of primary amides is 1. The fourth-order valence-corrected chi connectivity index (χ4v) is 3.59. The third-order valence-corrected chi connectivity index (χ3v) is 4.93. The molecule has 1 unspecified atom stereocenters. The van der Waals surface area contributed by atoms with Gasteiger partial charge in [-0.3, -0.25) is 14.6 Å². The van der Waals surface area contributed by atoms with Crippen molar-refractivity contribution in [3.63, 3.8) is 0 Å². The number of nitrogens with zero attached hydrogens (tertiary/aromatic N) is 2. The quantitative estimate of drug-likeness (QED) is 0.921. The summed E-state index contributed by atoms with van der Waals surface area (Å²) >= 11 is 1.47. The minimum atomic E-state index is -0.589.